The zero-order valence-corrected chi connectivity index (χ0v) is 6.97. The first kappa shape index (κ1) is 10.4. The summed E-state index contributed by atoms with van der Waals surface area (Å²) in [4.78, 5) is 9.98. The minimum Gasteiger partial charge on any atom is -0.478 e. The monoisotopic (exact) mass is 164 g/mol. The van der Waals surface area contributed by atoms with Crippen molar-refractivity contribution in [1.82, 2.24) is 0 Å². The quantitative estimate of drug-likeness (QED) is 0.511. The molecule has 12 heavy (non-hydrogen) atoms. The Morgan fingerprint density at radius 2 is 1.50 bits per heavy atom. The molecule has 64 valence electrons. The maximum absolute atomic E-state index is 9.98. The van der Waals surface area contributed by atoms with E-state index in [0.717, 1.165) is 6.08 Å². The first-order valence-corrected chi connectivity index (χ1v) is 3.63. The van der Waals surface area contributed by atoms with E-state index < -0.39 is 5.97 Å². The van der Waals surface area contributed by atoms with Gasteiger partial charge < -0.3 is 5.11 Å². The molecular formula is C10H12O2. The van der Waals surface area contributed by atoms with Crippen LogP contribution in [0.25, 0.3) is 0 Å². The molecule has 0 saturated carbocycles. The topological polar surface area (TPSA) is 37.3 Å². The second-order valence-corrected chi connectivity index (χ2v) is 1.99. The fourth-order valence-corrected chi connectivity index (χ4v) is 0.506. The van der Waals surface area contributed by atoms with E-state index in [1.165, 1.54) is 6.08 Å². The van der Waals surface area contributed by atoms with Crippen molar-refractivity contribution in [3.05, 3.63) is 48.6 Å². The molecule has 0 bridgehead atoms. The zero-order chi connectivity index (χ0) is 9.23. The van der Waals surface area contributed by atoms with Gasteiger partial charge in [-0.25, -0.2) is 4.79 Å². The van der Waals surface area contributed by atoms with Crippen LogP contribution >= 0.6 is 0 Å². The molecule has 0 radical (unpaired) electrons. The summed E-state index contributed by atoms with van der Waals surface area (Å²) >= 11 is 0. The molecule has 0 atom stereocenters. The number of hydrogen-bond acceptors (Lipinski definition) is 1. The van der Waals surface area contributed by atoms with Crippen LogP contribution in [0.5, 0.6) is 0 Å². The SMILES string of the molecule is C\C=C/C=C\C=C/C=C\C(=O)O. The molecule has 0 aliphatic heterocycles. The van der Waals surface area contributed by atoms with Crippen LogP contribution in [0.1, 0.15) is 6.92 Å². The predicted octanol–water partition coefficient (Wildman–Crippen LogP) is 2.32. The fourth-order valence-electron chi connectivity index (χ4n) is 0.506. The van der Waals surface area contributed by atoms with Crippen LogP contribution in [0.15, 0.2) is 48.6 Å². The number of aliphatic carboxylic acids is 1. The third kappa shape index (κ3) is 8.43. The van der Waals surface area contributed by atoms with Gasteiger partial charge in [0.15, 0.2) is 0 Å². The average molecular weight is 164 g/mol. The van der Waals surface area contributed by atoms with Crippen LogP contribution in [-0.4, -0.2) is 11.1 Å². The van der Waals surface area contributed by atoms with Crippen molar-refractivity contribution in [3.8, 4) is 0 Å². The summed E-state index contributed by atoms with van der Waals surface area (Å²) in [7, 11) is 0. The molecule has 0 aliphatic rings. The van der Waals surface area contributed by atoms with Gasteiger partial charge in [0.1, 0.15) is 0 Å². The lowest BCUT2D eigenvalue weighted by Gasteiger charge is -1.74. The molecule has 0 heterocycles. The fraction of sp³-hybridized carbons (Fsp3) is 0.100. The third-order valence-corrected chi connectivity index (χ3v) is 0.987. The summed E-state index contributed by atoms with van der Waals surface area (Å²) in [5.41, 5.74) is 0. The average Bonchev–Trinajstić information content (AvgIpc) is 2.02. The van der Waals surface area contributed by atoms with E-state index in [1.54, 1.807) is 12.2 Å². The van der Waals surface area contributed by atoms with E-state index in [4.69, 9.17) is 5.11 Å². The third-order valence-electron chi connectivity index (χ3n) is 0.987. The van der Waals surface area contributed by atoms with Crippen molar-refractivity contribution < 1.29 is 9.90 Å². The molecule has 0 aliphatic carbocycles. The Labute approximate surface area is 72.2 Å². The molecule has 0 aromatic rings. The minimum absolute atomic E-state index is 0.933. The number of carboxylic acid groups (broad SMARTS) is 1. The highest BCUT2D eigenvalue weighted by atomic mass is 16.4. The molecule has 0 unspecified atom stereocenters. The summed E-state index contributed by atoms with van der Waals surface area (Å²) in [5.74, 6) is -0.933. The Morgan fingerprint density at radius 3 is 2.00 bits per heavy atom. The van der Waals surface area contributed by atoms with Crippen molar-refractivity contribution in [2.45, 2.75) is 6.92 Å². The van der Waals surface area contributed by atoms with E-state index in [1.807, 2.05) is 31.2 Å². The summed E-state index contributed by atoms with van der Waals surface area (Å²) in [6, 6.07) is 0. The second-order valence-electron chi connectivity index (χ2n) is 1.99. The highest BCUT2D eigenvalue weighted by Crippen LogP contribution is 1.81. The lowest BCUT2D eigenvalue weighted by molar-refractivity contribution is -0.131. The van der Waals surface area contributed by atoms with Crippen LogP contribution in [0, 0.1) is 0 Å². The van der Waals surface area contributed by atoms with E-state index in [2.05, 4.69) is 0 Å². The standard InChI is InChI=1S/C10H12O2/c1-2-3-4-5-6-7-8-9-10(11)12/h2-9H,1H3,(H,11,12)/b3-2-,5-4-,7-6-,9-8-. The molecule has 0 rings (SSSR count). The smallest absolute Gasteiger partial charge is 0.328 e. The van der Waals surface area contributed by atoms with Gasteiger partial charge in [-0.3, -0.25) is 0 Å². The minimum atomic E-state index is -0.933. The number of carboxylic acids is 1. The van der Waals surface area contributed by atoms with Gasteiger partial charge in [-0.05, 0) is 6.92 Å². The maximum atomic E-state index is 9.98. The Hall–Kier alpha value is -1.57. The molecule has 0 fully saturated rings. The van der Waals surface area contributed by atoms with Crippen LogP contribution < -0.4 is 0 Å². The van der Waals surface area contributed by atoms with Crippen LogP contribution in [0.3, 0.4) is 0 Å². The van der Waals surface area contributed by atoms with Crippen LogP contribution in [0.2, 0.25) is 0 Å². The maximum Gasteiger partial charge on any atom is 0.328 e. The summed E-state index contributed by atoms with van der Waals surface area (Å²) in [6.45, 7) is 1.93. The van der Waals surface area contributed by atoms with E-state index in [9.17, 15) is 4.79 Å². The van der Waals surface area contributed by atoms with Crippen molar-refractivity contribution in [2.24, 2.45) is 0 Å². The van der Waals surface area contributed by atoms with Gasteiger partial charge >= 0.3 is 5.97 Å². The lowest BCUT2D eigenvalue weighted by Crippen LogP contribution is -1.84. The molecule has 0 aromatic carbocycles. The van der Waals surface area contributed by atoms with Gasteiger partial charge in [-0.2, -0.15) is 0 Å². The summed E-state index contributed by atoms with van der Waals surface area (Å²) in [6.07, 6.45) is 13.5. The van der Waals surface area contributed by atoms with Crippen molar-refractivity contribution >= 4 is 5.97 Å². The Kier molecular flexibility index (Phi) is 6.55. The Balaban J connectivity index is 3.70. The van der Waals surface area contributed by atoms with E-state index >= 15 is 0 Å². The normalized spacial score (nSPS) is 12.8. The number of hydrogen-bond donors (Lipinski definition) is 1. The van der Waals surface area contributed by atoms with Gasteiger partial charge in [0.05, 0.1) is 0 Å². The second kappa shape index (κ2) is 7.54. The van der Waals surface area contributed by atoms with Gasteiger partial charge in [-0.15, -0.1) is 0 Å². The molecule has 1 N–H and O–H groups in total. The molecule has 0 spiro atoms. The van der Waals surface area contributed by atoms with Gasteiger partial charge in [-0.1, -0.05) is 42.5 Å². The largest absolute Gasteiger partial charge is 0.478 e. The zero-order valence-electron chi connectivity index (χ0n) is 6.97. The number of allylic oxidation sites excluding steroid dienone is 7. The highest BCUT2D eigenvalue weighted by molar-refractivity contribution is 5.80. The van der Waals surface area contributed by atoms with Gasteiger partial charge in [0.25, 0.3) is 0 Å². The van der Waals surface area contributed by atoms with E-state index in [0.29, 0.717) is 0 Å². The Morgan fingerprint density at radius 1 is 1.00 bits per heavy atom. The van der Waals surface area contributed by atoms with Crippen LogP contribution in [-0.2, 0) is 4.79 Å². The first-order chi connectivity index (χ1) is 5.77. The van der Waals surface area contributed by atoms with Gasteiger partial charge in [0.2, 0.25) is 0 Å². The predicted molar refractivity (Wildman–Crippen MR) is 49.9 cm³/mol. The van der Waals surface area contributed by atoms with Crippen LogP contribution in [0.4, 0.5) is 0 Å². The van der Waals surface area contributed by atoms with Crippen molar-refractivity contribution in [1.29, 1.82) is 0 Å². The van der Waals surface area contributed by atoms with Crippen molar-refractivity contribution in [3.63, 3.8) is 0 Å². The molecule has 0 saturated heterocycles. The molecular weight excluding hydrogens is 152 g/mol. The van der Waals surface area contributed by atoms with Crippen molar-refractivity contribution in [2.75, 3.05) is 0 Å². The summed E-state index contributed by atoms with van der Waals surface area (Å²) in [5, 5.41) is 8.20. The first-order valence-electron chi connectivity index (χ1n) is 3.63. The van der Waals surface area contributed by atoms with E-state index in [-0.39, 0.29) is 0 Å². The van der Waals surface area contributed by atoms with Gasteiger partial charge in [0, 0.05) is 6.08 Å². The summed E-state index contributed by atoms with van der Waals surface area (Å²) < 4.78 is 0. The Bertz CT molecular complexity index is 232. The molecule has 2 heteroatoms. The number of carbonyl (C=O) groups is 1. The molecule has 0 aromatic heterocycles. The molecule has 2 nitrogen and oxygen atoms in total. The lowest BCUT2D eigenvalue weighted by atomic mass is 10.4. The highest BCUT2D eigenvalue weighted by Gasteiger charge is 1.78. The molecule has 0 amide bonds. The number of rotatable bonds is 4.